The molecule has 0 radical (unpaired) electrons. The van der Waals surface area contributed by atoms with Gasteiger partial charge in [0.25, 0.3) is 0 Å². The Bertz CT molecular complexity index is 806. The van der Waals surface area contributed by atoms with E-state index in [0.717, 1.165) is 11.1 Å². The summed E-state index contributed by atoms with van der Waals surface area (Å²) in [6.45, 7) is 1.95. The van der Waals surface area contributed by atoms with Crippen molar-refractivity contribution >= 4 is 24.0 Å². The second-order valence-corrected chi connectivity index (χ2v) is 5.30. The third-order valence-corrected chi connectivity index (χ3v) is 3.33. The molecule has 0 saturated carbocycles. The summed E-state index contributed by atoms with van der Waals surface area (Å²) in [5.41, 5.74) is 1.97. The fraction of sp³-hybridized carbons (Fsp3) is 0.0909. The van der Waals surface area contributed by atoms with Gasteiger partial charge in [-0.15, -0.1) is 0 Å². The first-order chi connectivity index (χ1) is 12.7. The van der Waals surface area contributed by atoms with E-state index in [-0.39, 0.29) is 12.3 Å². The van der Waals surface area contributed by atoms with Crippen molar-refractivity contribution in [1.82, 2.24) is 5.32 Å². The molecule has 132 valence electrons. The maximum absolute atomic E-state index is 12.1. The van der Waals surface area contributed by atoms with Gasteiger partial charge in [0, 0.05) is 6.08 Å². The monoisotopic (exact) mass is 347 g/mol. The van der Waals surface area contributed by atoms with Crippen LogP contribution in [0.25, 0.3) is 12.2 Å². The number of rotatable bonds is 7. The molecule has 2 rings (SSSR count). The van der Waals surface area contributed by atoms with Gasteiger partial charge in [-0.25, -0.2) is 4.79 Å². The van der Waals surface area contributed by atoms with Crippen LogP contribution >= 0.6 is 0 Å². The summed E-state index contributed by atoms with van der Waals surface area (Å²) in [7, 11) is 0. The standard InChI is InChI=1S/C22H21NO3/c1-2-26-22(25)20(15-9-14-18-10-5-3-6-11-18)23-21(24)17-16-19-12-7-4-8-13-19/h3-17H,2H2,1H3,(H,23,24)/b14-9+,17-16+,20-15-. The van der Waals surface area contributed by atoms with Crippen molar-refractivity contribution in [2.75, 3.05) is 6.61 Å². The highest BCUT2D eigenvalue weighted by molar-refractivity contribution is 5.99. The molecule has 26 heavy (non-hydrogen) atoms. The molecule has 0 aliphatic heterocycles. The maximum atomic E-state index is 12.1. The predicted molar refractivity (Wildman–Crippen MR) is 104 cm³/mol. The van der Waals surface area contributed by atoms with Crippen LogP contribution in [-0.4, -0.2) is 18.5 Å². The molecule has 0 bridgehead atoms. The minimum atomic E-state index is -0.577. The fourth-order valence-corrected chi connectivity index (χ4v) is 2.10. The molecule has 0 fully saturated rings. The molecule has 0 saturated heterocycles. The molecular formula is C22H21NO3. The lowest BCUT2D eigenvalue weighted by Crippen LogP contribution is -2.27. The van der Waals surface area contributed by atoms with Crippen LogP contribution in [0, 0.1) is 0 Å². The van der Waals surface area contributed by atoms with Crippen molar-refractivity contribution in [1.29, 1.82) is 0 Å². The largest absolute Gasteiger partial charge is 0.461 e. The average molecular weight is 347 g/mol. The summed E-state index contributed by atoms with van der Waals surface area (Å²) in [5, 5.41) is 2.57. The lowest BCUT2D eigenvalue weighted by molar-refractivity contribution is -0.139. The van der Waals surface area contributed by atoms with Crippen LogP contribution in [0.3, 0.4) is 0 Å². The molecule has 0 aromatic heterocycles. The zero-order valence-corrected chi connectivity index (χ0v) is 14.6. The minimum Gasteiger partial charge on any atom is -0.461 e. The van der Waals surface area contributed by atoms with E-state index in [4.69, 9.17) is 4.74 Å². The topological polar surface area (TPSA) is 55.4 Å². The summed E-state index contributed by atoms with van der Waals surface area (Å²) in [4.78, 5) is 24.1. The normalized spacial score (nSPS) is 11.7. The third kappa shape index (κ3) is 6.61. The van der Waals surface area contributed by atoms with Gasteiger partial charge in [-0.1, -0.05) is 72.8 Å². The molecule has 0 spiro atoms. The van der Waals surface area contributed by atoms with E-state index < -0.39 is 11.9 Å². The van der Waals surface area contributed by atoms with Gasteiger partial charge in [0.15, 0.2) is 0 Å². The highest BCUT2D eigenvalue weighted by Crippen LogP contribution is 2.04. The van der Waals surface area contributed by atoms with Crippen LogP contribution in [0.5, 0.6) is 0 Å². The van der Waals surface area contributed by atoms with Crippen LogP contribution in [0.2, 0.25) is 0 Å². The fourth-order valence-electron chi connectivity index (χ4n) is 2.10. The van der Waals surface area contributed by atoms with Crippen LogP contribution in [0.4, 0.5) is 0 Å². The number of benzene rings is 2. The number of amides is 1. The van der Waals surface area contributed by atoms with E-state index in [1.165, 1.54) is 12.2 Å². The first-order valence-corrected chi connectivity index (χ1v) is 8.33. The number of carbonyl (C=O) groups excluding carboxylic acids is 2. The zero-order valence-electron chi connectivity index (χ0n) is 14.6. The summed E-state index contributed by atoms with van der Waals surface area (Å²) in [6.07, 6.45) is 8.12. The Labute approximate surface area is 153 Å². The van der Waals surface area contributed by atoms with Gasteiger partial charge in [-0.05, 0) is 30.2 Å². The van der Waals surface area contributed by atoms with Crippen molar-refractivity contribution in [2.45, 2.75) is 6.92 Å². The number of hydrogen-bond acceptors (Lipinski definition) is 3. The maximum Gasteiger partial charge on any atom is 0.354 e. The minimum absolute atomic E-state index is 0.0849. The second kappa shape index (κ2) is 10.5. The first-order valence-electron chi connectivity index (χ1n) is 8.33. The van der Waals surface area contributed by atoms with Crippen molar-refractivity contribution in [2.24, 2.45) is 0 Å². The number of ether oxygens (including phenoxy) is 1. The van der Waals surface area contributed by atoms with Crippen LogP contribution < -0.4 is 5.32 Å². The zero-order chi connectivity index (χ0) is 18.6. The average Bonchev–Trinajstić information content (AvgIpc) is 2.67. The lowest BCUT2D eigenvalue weighted by Gasteiger charge is -2.06. The molecule has 2 aromatic rings. The van der Waals surface area contributed by atoms with Gasteiger partial charge < -0.3 is 10.1 Å². The van der Waals surface area contributed by atoms with Gasteiger partial charge in [-0.3, -0.25) is 4.79 Å². The Morgan fingerprint density at radius 1 is 0.923 bits per heavy atom. The summed E-state index contributed by atoms with van der Waals surface area (Å²) >= 11 is 0. The SMILES string of the molecule is CCOC(=O)/C(=C/C=C/c1ccccc1)NC(=O)/C=C/c1ccccc1. The molecule has 0 unspecified atom stereocenters. The molecule has 1 amide bonds. The number of nitrogens with one attached hydrogen (secondary N) is 1. The molecule has 4 nitrogen and oxygen atoms in total. The second-order valence-electron chi connectivity index (χ2n) is 5.30. The Kier molecular flexibility index (Phi) is 7.62. The Morgan fingerprint density at radius 2 is 1.50 bits per heavy atom. The van der Waals surface area contributed by atoms with Gasteiger partial charge in [0.05, 0.1) is 6.61 Å². The third-order valence-electron chi connectivity index (χ3n) is 3.33. The van der Waals surface area contributed by atoms with Gasteiger partial charge in [0.2, 0.25) is 5.91 Å². The van der Waals surface area contributed by atoms with E-state index in [2.05, 4.69) is 5.32 Å². The molecule has 1 N–H and O–H groups in total. The highest BCUT2D eigenvalue weighted by Gasteiger charge is 2.11. The number of esters is 1. The number of hydrogen-bond donors (Lipinski definition) is 1. The van der Waals surface area contributed by atoms with E-state index in [1.54, 1.807) is 19.1 Å². The Balaban J connectivity index is 2.07. The van der Waals surface area contributed by atoms with Crippen molar-refractivity contribution in [3.63, 3.8) is 0 Å². The van der Waals surface area contributed by atoms with E-state index in [9.17, 15) is 9.59 Å². The lowest BCUT2D eigenvalue weighted by atomic mass is 10.2. The Morgan fingerprint density at radius 3 is 2.08 bits per heavy atom. The molecule has 2 aromatic carbocycles. The summed E-state index contributed by atoms with van der Waals surface area (Å²) in [6, 6.07) is 19.1. The number of allylic oxidation sites excluding steroid dienone is 2. The molecule has 0 atom stereocenters. The van der Waals surface area contributed by atoms with E-state index in [1.807, 2.05) is 66.7 Å². The van der Waals surface area contributed by atoms with Crippen molar-refractivity contribution < 1.29 is 14.3 Å². The van der Waals surface area contributed by atoms with Gasteiger partial charge in [0.1, 0.15) is 5.70 Å². The molecule has 0 heterocycles. The smallest absolute Gasteiger partial charge is 0.354 e. The Hall–Kier alpha value is -3.40. The van der Waals surface area contributed by atoms with Crippen molar-refractivity contribution in [3.8, 4) is 0 Å². The quantitative estimate of drug-likeness (QED) is 0.468. The molecular weight excluding hydrogens is 326 g/mol. The van der Waals surface area contributed by atoms with Gasteiger partial charge >= 0.3 is 5.97 Å². The van der Waals surface area contributed by atoms with Crippen LogP contribution in [0.1, 0.15) is 18.1 Å². The van der Waals surface area contributed by atoms with E-state index >= 15 is 0 Å². The molecule has 0 aliphatic rings. The van der Waals surface area contributed by atoms with Crippen LogP contribution in [0.15, 0.2) is 84.6 Å². The highest BCUT2D eigenvalue weighted by atomic mass is 16.5. The summed E-state index contributed by atoms with van der Waals surface area (Å²) in [5.74, 6) is -0.979. The van der Waals surface area contributed by atoms with E-state index in [0.29, 0.717) is 0 Å². The van der Waals surface area contributed by atoms with Crippen LogP contribution in [-0.2, 0) is 14.3 Å². The number of carbonyl (C=O) groups is 2. The first kappa shape index (κ1) is 18.9. The molecule has 4 heteroatoms. The van der Waals surface area contributed by atoms with Gasteiger partial charge in [-0.2, -0.15) is 0 Å². The molecule has 0 aliphatic carbocycles. The van der Waals surface area contributed by atoms with Crippen molar-refractivity contribution in [3.05, 3.63) is 95.7 Å². The summed E-state index contributed by atoms with van der Waals surface area (Å²) < 4.78 is 4.99. The predicted octanol–water partition coefficient (Wildman–Crippen LogP) is 3.98.